The van der Waals surface area contributed by atoms with E-state index in [9.17, 15) is 0 Å². The molecule has 0 saturated carbocycles. The Morgan fingerprint density at radius 3 is 1.51 bits per heavy atom. The number of fused-ring (bicyclic) bond motifs is 1. The Morgan fingerprint density at radius 1 is 0.467 bits per heavy atom. The smallest absolute Gasteiger partial charge is 0.0812 e. The highest BCUT2D eigenvalue weighted by molar-refractivity contribution is 6.40. The van der Waals surface area contributed by atoms with E-state index in [1.54, 1.807) is 0 Å². The Balaban J connectivity index is 1.41. The lowest BCUT2D eigenvalue weighted by Crippen LogP contribution is -2.12. The zero-order chi connectivity index (χ0) is 30.8. The molecular weight excluding hydrogens is 548 g/mol. The van der Waals surface area contributed by atoms with Gasteiger partial charge in [0.2, 0.25) is 0 Å². The van der Waals surface area contributed by atoms with Crippen molar-refractivity contribution in [3.05, 3.63) is 157 Å². The van der Waals surface area contributed by atoms with Gasteiger partial charge in [-0.3, -0.25) is 0 Å². The highest BCUT2D eigenvalue weighted by atomic mass is 15.4. The number of rotatable bonds is 7. The van der Waals surface area contributed by atoms with Gasteiger partial charge in [0.15, 0.2) is 0 Å². The Bertz CT molecular complexity index is 2100. The lowest BCUT2D eigenvalue weighted by atomic mass is 10.0. The zero-order valence-electron chi connectivity index (χ0n) is 25.7. The number of nitrogens with zero attached hydrogens (tertiary/aromatic N) is 4. The summed E-state index contributed by atoms with van der Waals surface area (Å²) >= 11 is 0. The van der Waals surface area contributed by atoms with Crippen LogP contribution in [-0.2, 0) is 0 Å². The minimum absolute atomic E-state index is 0.829. The molecule has 45 heavy (non-hydrogen) atoms. The summed E-state index contributed by atoms with van der Waals surface area (Å²) in [5, 5.41) is 12.9. The average molecular weight is 583 g/mol. The van der Waals surface area contributed by atoms with Crippen molar-refractivity contribution in [3.63, 3.8) is 0 Å². The normalized spacial score (nSPS) is 12.2. The van der Waals surface area contributed by atoms with Crippen LogP contribution in [0.1, 0.15) is 19.4 Å². The van der Waals surface area contributed by atoms with Gasteiger partial charge in [0.25, 0.3) is 0 Å². The molecule has 0 fully saturated rings. The molecule has 0 amide bonds. The van der Waals surface area contributed by atoms with Crippen LogP contribution in [0.15, 0.2) is 162 Å². The van der Waals surface area contributed by atoms with Crippen LogP contribution in [0.5, 0.6) is 0 Å². The summed E-state index contributed by atoms with van der Waals surface area (Å²) < 4.78 is 4.15. The van der Waals surface area contributed by atoms with Crippen molar-refractivity contribution in [2.24, 2.45) is 10.2 Å². The topological polar surface area (TPSA) is 34.6 Å². The van der Waals surface area contributed by atoms with Crippen LogP contribution in [0.4, 0.5) is 0 Å². The van der Waals surface area contributed by atoms with Crippen LogP contribution < -0.4 is 0 Å². The van der Waals surface area contributed by atoms with E-state index in [0.717, 1.165) is 56.5 Å². The van der Waals surface area contributed by atoms with Crippen molar-refractivity contribution in [2.45, 2.75) is 20.8 Å². The van der Waals surface area contributed by atoms with Crippen molar-refractivity contribution in [2.75, 3.05) is 0 Å². The second-order valence-electron chi connectivity index (χ2n) is 11.3. The van der Waals surface area contributed by atoms with Crippen molar-refractivity contribution in [1.29, 1.82) is 0 Å². The van der Waals surface area contributed by atoms with Gasteiger partial charge in [-0.25, -0.2) is 9.35 Å². The summed E-state index contributed by atoms with van der Waals surface area (Å²) in [4.78, 5) is 0. The quantitative estimate of drug-likeness (QED) is 0.168. The van der Waals surface area contributed by atoms with E-state index in [2.05, 4.69) is 145 Å². The maximum absolute atomic E-state index is 5.31. The molecule has 0 atom stereocenters. The van der Waals surface area contributed by atoms with Crippen LogP contribution in [-0.4, -0.2) is 20.8 Å². The van der Waals surface area contributed by atoms with Crippen LogP contribution in [0.3, 0.4) is 0 Å². The summed E-state index contributed by atoms with van der Waals surface area (Å²) in [6.07, 6.45) is 0. The number of aryl methyl sites for hydroxylation is 1. The summed E-state index contributed by atoms with van der Waals surface area (Å²) in [5.74, 6) is 0. The molecule has 7 rings (SSSR count). The SMILES string of the molecule is CC(=N\n1c(-c2ccccc2)ccc1-c1ccccc1)/C(C)=N/n1c(-c2ccccc2)cc(C)c1-c1cccc2ccccc12. The Morgan fingerprint density at radius 2 is 0.933 bits per heavy atom. The molecule has 0 unspecified atom stereocenters. The first-order valence-corrected chi connectivity index (χ1v) is 15.3. The first-order chi connectivity index (χ1) is 22.1. The first-order valence-electron chi connectivity index (χ1n) is 15.3. The third kappa shape index (κ3) is 5.43. The first kappa shape index (κ1) is 28.1. The summed E-state index contributed by atoms with van der Waals surface area (Å²) in [6, 6.07) is 52.8. The Labute approximate surface area is 264 Å². The van der Waals surface area contributed by atoms with Gasteiger partial charge in [-0.1, -0.05) is 133 Å². The minimum atomic E-state index is 0.829. The standard InChI is InChI=1S/C41H34N4/c1-29-28-40(35-21-11-6-12-22-35)45(41(29)37-25-15-23-32-16-13-14-24-36(32)37)43-31(3)30(2)42-44-38(33-17-7-4-8-18-33)26-27-39(44)34-19-9-5-10-20-34/h4-28H,1-3H3/b42-30+,43-31+. The predicted octanol–water partition coefficient (Wildman–Crippen LogP) is 10.6. The third-order valence-corrected chi connectivity index (χ3v) is 8.30. The van der Waals surface area contributed by atoms with Gasteiger partial charge in [0.05, 0.1) is 34.2 Å². The van der Waals surface area contributed by atoms with Crippen molar-refractivity contribution in [3.8, 4) is 45.0 Å². The average Bonchev–Trinajstić information content (AvgIpc) is 3.65. The molecule has 0 aliphatic carbocycles. The lowest BCUT2D eigenvalue weighted by Gasteiger charge is -2.14. The van der Waals surface area contributed by atoms with Gasteiger partial charge in [0.1, 0.15) is 0 Å². The van der Waals surface area contributed by atoms with Crippen LogP contribution in [0.25, 0.3) is 55.8 Å². The van der Waals surface area contributed by atoms with Crippen LogP contribution in [0.2, 0.25) is 0 Å². The van der Waals surface area contributed by atoms with Gasteiger partial charge in [-0.15, -0.1) is 0 Å². The Hall–Kier alpha value is -5.74. The van der Waals surface area contributed by atoms with Gasteiger partial charge < -0.3 is 0 Å². The fraction of sp³-hybridized carbons (Fsp3) is 0.0732. The predicted molar refractivity (Wildman–Crippen MR) is 190 cm³/mol. The van der Waals surface area contributed by atoms with Crippen molar-refractivity contribution in [1.82, 2.24) is 9.35 Å². The molecule has 5 aromatic carbocycles. The maximum Gasteiger partial charge on any atom is 0.0812 e. The summed E-state index contributed by atoms with van der Waals surface area (Å²) in [6.45, 7) is 6.26. The molecule has 0 aliphatic rings. The minimum Gasteiger partial charge on any atom is -0.232 e. The zero-order valence-corrected chi connectivity index (χ0v) is 25.7. The number of aromatic nitrogens is 2. The van der Waals surface area contributed by atoms with Crippen LogP contribution >= 0.6 is 0 Å². The molecule has 7 aromatic rings. The molecule has 0 spiro atoms. The summed E-state index contributed by atoms with van der Waals surface area (Å²) in [5.41, 5.74) is 11.5. The van der Waals surface area contributed by atoms with Crippen LogP contribution in [0, 0.1) is 6.92 Å². The van der Waals surface area contributed by atoms with E-state index < -0.39 is 0 Å². The molecule has 2 heterocycles. The number of hydrogen-bond acceptors (Lipinski definition) is 2. The molecule has 0 N–H and O–H groups in total. The van der Waals surface area contributed by atoms with E-state index in [1.165, 1.54) is 16.3 Å². The molecule has 0 bridgehead atoms. The monoisotopic (exact) mass is 582 g/mol. The van der Waals surface area contributed by atoms with E-state index in [0.29, 0.717) is 0 Å². The molecule has 0 aliphatic heterocycles. The fourth-order valence-electron chi connectivity index (χ4n) is 5.94. The number of hydrogen-bond donors (Lipinski definition) is 0. The van der Waals surface area contributed by atoms with E-state index in [4.69, 9.17) is 10.2 Å². The van der Waals surface area contributed by atoms with E-state index in [-0.39, 0.29) is 0 Å². The molecule has 218 valence electrons. The van der Waals surface area contributed by atoms with Gasteiger partial charge in [0, 0.05) is 22.3 Å². The second-order valence-corrected chi connectivity index (χ2v) is 11.3. The molecule has 0 radical (unpaired) electrons. The molecule has 2 aromatic heterocycles. The van der Waals surface area contributed by atoms with Gasteiger partial charge in [-0.2, -0.15) is 10.2 Å². The molecule has 0 saturated heterocycles. The Kier molecular flexibility index (Phi) is 7.54. The van der Waals surface area contributed by atoms with Gasteiger partial charge in [-0.05, 0) is 55.3 Å². The van der Waals surface area contributed by atoms with Gasteiger partial charge >= 0.3 is 0 Å². The highest BCUT2D eigenvalue weighted by Gasteiger charge is 2.19. The third-order valence-electron chi connectivity index (χ3n) is 8.30. The molecule has 4 nitrogen and oxygen atoms in total. The highest BCUT2D eigenvalue weighted by Crippen LogP contribution is 2.36. The largest absolute Gasteiger partial charge is 0.232 e. The second kappa shape index (κ2) is 12.1. The summed E-state index contributed by atoms with van der Waals surface area (Å²) in [7, 11) is 0. The van der Waals surface area contributed by atoms with Crippen molar-refractivity contribution < 1.29 is 0 Å². The van der Waals surface area contributed by atoms with E-state index >= 15 is 0 Å². The fourth-order valence-corrected chi connectivity index (χ4v) is 5.94. The number of benzene rings is 5. The molecular formula is C41H34N4. The lowest BCUT2D eigenvalue weighted by molar-refractivity contribution is 0.894. The van der Waals surface area contributed by atoms with Crippen molar-refractivity contribution >= 4 is 22.2 Å². The molecule has 4 heteroatoms. The van der Waals surface area contributed by atoms with E-state index in [1.807, 2.05) is 36.7 Å². The maximum atomic E-state index is 5.31.